The number of amides is 1. The molecule has 0 radical (unpaired) electrons. The second-order valence-corrected chi connectivity index (χ2v) is 12.7. The highest BCUT2D eigenvalue weighted by molar-refractivity contribution is 7.98. The summed E-state index contributed by atoms with van der Waals surface area (Å²) in [6.07, 6.45) is 6.21. The Morgan fingerprint density at radius 3 is 2.27 bits per heavy atom. The fourth-order valence-corrected chi connectivity index (χ4v) is 5.39. The molecule has 0 bridgehead atoms. The van der Waals surface area contributed by atoms with Crippen molar-refractivity contribution in [1.82, 2.24) is 10.3 Å². The number of carboxylic acid groups (broad SMARTS) is 1. The number of nitrogens with zero attached hydrogens (tertiary/aromatic N) is 1. The van der Waals surface area contributed by atoms with Gasteiger partial charge in [-0.2, -0.15) is 23.5 Å². The second-order valence-electron chi connectivity index (χ2n) is 9.41. The third-order valence-corrected chi connectivity index (χ3v) is 8.60. The molecule has 0 aliphatic carbocycles. The summed E-state index contributed by atoms with van der Waals surface area (Å²) in [5.74, 6) is 0.445. The lowest BCUT2D eigenvalue weighted by molar-refractivity contribution is -0.139. The number of benzene rings is 3. The van der Waals surface area contributed by atoms with E-state index in [1.54, 1.807) is 29.2 Å². The van der Waals surface area contributed by atoms with Gasteiger partial charge in [0.15, 0.2) is 0 Å². The smallest absolute Gasteiger partial charge is 0.326 e. The van der Waals surface area contributed by atoms with Crippen LogP contribution in [0, 0.1) is 6.92 Å². The van der Waals surface area contributed by atoms with Gasteiger partial charge in [0, 0.05) is 17.3 Å². The van der Waals surface area contributed by atoms with Gasteiger partial charge in [0.05, 0.1) is 18.1 Å². The number of carboxylic acids is 1. The normalized spacial score (nSPS) is 11.0. The average molecular weight is 653 g/mol. The summed E-state index contributed by atoms with van der Waals surface area (Å²) >= 11 is 5.01. The molecule has 9 heteroatoms. The Kier molecular flexibility index (Phi) is 17.5. The first-order valence-corrected chi connectivity index (χ1v) is 18.3. The van der Waals surface area contributed by atoms with Crippen LogP contribution in [-0.2, 0) is 22.7 Å². The van der Waals surface area contributed by atoms with Crippen LogP contribution in [0.25, 0.3) is 21.7 Å². The third-order valence-electron chi connectivity index (χ3n) is 6.35. The number of rotatable bonds is 13. The van der Waals surface area contributed by atoms with E-state index in [-0.39, 0.29) is 0 Å². The number of ether oxygens (including phenoxy) is 1. The first-order chi connectivity index (χ1) is 21.4. The summed E-state index contributed by atoms with van der Waals surface area (Å²) in [6.45, 7) is 8.94. The molecule has 0 aliphatic rings. The fraction of sp³-hybridized carbons (Fsp3) is 0.343. The summed E-state index contributed by atoms with van der Waals surface area (Å²) in [5, 5.41) is 13.2. The lowest BCUT2D eigenvalue weighted by Crippen LogP contribution is -2.41. The van der Waals surface area contributed by atoms with Crippen molar-refractivity contribution in [3.63, 3.8) is 0 Å². The Hall–Kier alpha value is -3.11. The molecule has 1 amide bonds. The molecule has 44 heavy (non-hydrogen) atoms. The highest BCUT2D eigenvalue weighted by Gasteiger charge is 2.22. The molecule has 0 saturated carbocycles. The van der Waals surface area contributed by atoms with Gasteiger partial charge in [0.1, 0.15) is 11.0 Å². The van der Waals surface area contributed by atoms with Crippen LogP contribution in [-0.4, -0.2) is 52.0 Å². The molecule has 1 heterocycles. The number of thioether (sulfide) groups is 2. The van der Waals surface area contributed by atoms with E-state index >= 15 is 0 Å². The molecule has 4 aromatic rings. The van der Waals surface area contributed by atoms with Crippen molar-refractivity contribution in [2.24, 2.45) is 0 Å². The molecular formula is C35H44N2O4S3. The van der Waals surface area contributed by atoms with E-state index in [0.29, 0.717) is 31.0 Å². The summed E-state index contributed by atoms with van der Waals surface area (Å²) in [7, 11) is 0. The predicted molar refractivity (Wildman–Crippen MR) is 190 cm³/mol. The maximum Gasteiger partial charge on any atom is 0.326 e. The Labute approximate surface area is 275 Å². The maximum absolute atomic E-state index is 13.2. The summed E-state index contributed by atoms with van der Waals surface area (Å²) < 4.78 is 6.01. The van der Waals surface area contributed by atoms with Crippen molar-refractivity contribution >= 4 is 46.7 Å². The molecule has 0 saturated heterocycles. The van der Waals surface area contributed by atoms with Crippen LogP contribution in [0.5, 0.6) is 0 Å². The average Bonchev–Trinajstić information content (AvgIpc) is 3.53. The van der Waals surface area contributed by atoms with Crippen LogP contribution in [0.15, 0.2) is 79.0 Å². The molecule has 0 fully saturated rings. The predicted octanol–water partition coefficient (Wildman–Crippen LogP) is 8.83. The minimum Gasteiger partial charge on any atom is -0.480 e. The van der Waals surface area contributed by atoms with Crippen LogP contribution < -0.4 is 5.32 Å². The lowest BCUT2D eigenvalue weighted by Gasteiger charge is -2.17. The van der Waals surface area contributed by atoms with Gasteiger partial charge in [-0.25, -0.2) is 9.78 Å². The monoisotopic (exact) mass is 652 g/mol. The molecule has 2 N–H and O–H groups in total. The number of hydrogen-bond acceptors (Lipinski definition) is 7. The molecular weight excluding hydrogens is 609 g/mol. The molecule has 3 aromatic carbocycles. The molecule has 1 atom stereocenters. The number of nitrogens with one attached hydrogen (secondary N) is 1. The second kappa shape index (κ2) is 20.8. The number of aromatic nitrogens is 1. The number of carbonyl (C=O) groups is 2. The fourth-order valence-electron chi connectivity index (χ4n) is 4.06. The molecule has 4 rings (SSSR count). The zero-order chi connectivity index (χ0) is 32.3. The van der Waals surface area contributed by atoms with Crippen LogP contribution in [0.1, 0.15) is 53.6 Å². The van der Waals surface area contributed by atoms with Crippen molar-refractivity contribution in [3.05, 3.63) is 101 Å². The first kappa shape index (κ1) is 37.1. The Morgan fingerprint density at radius 1 is 0.955 bits per heavy atom. The van der Waals surface area contributed by atoms with Gasteiger partial charge in [-0.05, 0) is 71.7 Å². The number of aliphatic carboxylic acids is 1. The van der Waals surface area contributed by atoms with E-state index in [1.165, 1.54) is 5.75 Å². The molecule has 0 aliphatic heterocycles. The number of carbonyl (C=O) groups excluding carboxylic acids is 1. The van der Waals surface area contributed by atoms with E-state index in [2.05, 4.69) is 23.5 Å². The first-order valence-electron chi connectivity index (χ1n) is 14.7. The van der Waals surface area contributed by atoms with Crippen LogP contribution in [0.2, 0.25) is 0 Å². The van der Waals surface area contributed by atoms with Crippen molar-refractivity contribution in [2.45, 2.75) is 53.4 Å². The van der Waals surface area contributed by atoms with Gasteiger partial charge >= 0.3 is 5.97 Å². The Morgan fingerprint density at radius 2 is 1.64 bits per heavy atom. The molecule has 236 valence electrons. The van der Waals surface area contributed by atoms with Gasteiger partial charge in [0.2, 0.25) is 0 Å². The van der Waals surface area contributed by atoms with Crippen molar-refractivity contribution < 1.29 is 19.4 Å². The Balaban J connectivity index is 0.00000104. The van der Waals surface area contributed by atoms with Crippen LogP contribution >= 0.6 is 34.9 Å². The number of aryl methyl sites for hydroxylation is 1. The zero-order valence-corrected chi connectivity index (χ0v) is 28.9. The van der Waals surface area contributed by atoms with Gasteiger partial charge in [-0.3, -0.25) is 4.79 Å². The van der Waals surface area contributed by atoms with Gasteiger partial charge in [0.25, 0.3) is 5.91 Å². The SMILES string of the molecule is CC.CCSC.CSCCC(NC(=O)c1ccc(COCc2cnc(-c3ccccc3)s2)cc1-c1ccccc1C)C(=O)O. The highest BCUT2D eigenvalue weighted by Crippen LogP contribution is 2.29. The molecule has 1 unspecified atom stereocenters. The van der Waals surface area contributed by atoms with Gasteiger partial charge in [-0.1, -0.05) is 81.4 Å². The van der Waals surface area contributed by atoms with Crippen molar-refractivity contribution in [2.75, 3.05) is 24.0 Å². The van der Waals surface area contributed by atoms with Crippen molar-refractivity contribution in [1.29, 1.82) is 0 Å². The number of hydrogen-bond donors (Lipinski definition) is 2. The number of thiazole rings is 1. The summed E-state index contributed by atoms with van der Waals surface area (Å²) in [4.78, 5) is 30.5. The van der Waals surface area contributed by atoms with E-state index in [4.69, 9.17) is 4.74 Å². The maximum atomic E-state index is 13.2. The topological polar surface area (TPSA) is 88.5 Å². The van der Waals surface area contributed by atoms with Crippen LogP contribution in [0.3, 0.4) is 0 Å². The van der Waals surface area contributed by atoms with Crippen LogP contribution in [0.4, 0.5) is 0 Å². The van der Waals surface area contributed by atoms with E-state index in [1.807, 2.05) is 112 Å². The van der Waals surface area contributed by atoms with Gasteiger partial charge in [-0.15, -0.1) is 11.3 Å². The minimum atomic E-state index is -1.03. The molecule has 6 nitrogen and oxygen atoms in total. The van der Waals surface area contributed by atoms with E-state index in [9.17, 15) is 14.7 Å². The largest absolute Gasteiger partial charge is 0.480 e. The Bertz CT molecular complexity index is 1420. The van der Waals surface area contributed by atoms with Crippen molar-refractivity contribution in [3.8, 4) is 21.7 Å². The standard InChI is InChI=1S/C30H30N2O4S2.C3H8S.C2H6/c1-20-8-6-7-11-24(20)26-16-21(12-13-25(26)28(33)32-27(30(34)35)14-15-37-2)18-36-19-23-17-31-29(38-23)22-9-4-3-5-10-22;1-3-4-2;1-2/h3-13,16-17,27H,14-15,18-19H2,1-2H3,(H,32,33)(H,34,35);3H2,1-2H3;1-2H3. The quantitative estimate of drug-likeness (QED) is 0.149. The zero-order valence-electron chi connectivity index (χ0n) is 26.5. The highest BCUT2D eigenvalue weighted by atomic mass is 32.2. The lowest BCUT2D eigenvalue weighted by atomic mass is 9.93. The molecule has 1 aromatic heterocycles. The van der Waals surface area contributed by atoms with Gasteiger partial charge < -0.3 is 15.2 Å². The molecule has 0 spiro atoms. The minimum absolute atomic E-state index is 0.359. The third kappa shape index (κ3) is 11.8. The summed E-state index contributed by atoms with van der Waals surface area (Å²) in [5.41, 5.74) is 5.14. The van der Waals surface area contributed by atoms with E-state index in [0.717, 1.165) is 37.7 Å². The van der Waals surface area contributed by atoms with E-state index < -0.39 is 17.9 Å². The summed E-state index contributed by atoms with van der Waals surface area (Å²) in [6, 6.07) is 22.5.